The van der Waals surface area contributed by atoms with E-state index in [1.54, 1.807) is 13.3 Å². The molecule has 4 nitrogen and oxygen atoms in total. The number of nitrogens with one attached hydrogen (secondary N) is 1. The molecule has 4 heteroatoms. The Labute approximate surface area is 184 Å². The van der Waals surface area contributed by atoms with E-state index in [1.165, 1.54) is 5.57 Å². The number of nitrogens with zero attached hydrogens (tertiary/aromatic N) is 1. The number of pyridine rings is 1. The number of hydrogen-bond donors (Lipinski definition) is 2. The third kappa shape index (κ3) is 5.54. The maximum atomic E-state index is 11.0. The maximum Gasteiger partial charge on any atom is 0.147 e. The van der Waals surface area contributed by atoms with E-state index in [1.807, 2.05) is 73.7 Å². The first kappa shape index (κ1) is 22.2. The molecule has 3 aromatic rings. The Bertz CT molecular complexity index is 1130. The number of ether oxygens (including phenoxy) is 1. The van der Waals surface area contributed by atoms with E-state index < -0.39 is 0 Å². The number of aromatic nitrogens is 1. The fourth-order valence-corrected chi connectivity index (χ4v) is 3.35. The van der Waals surface area contributed by atoms with Crippen LogP contribution in [0.4, 0.5) is 0 Å². The maximum absolute atomic E-state index is 11.0. The van der Waals surface area contributed by atoms with Gasteiger partial charge < -0.3 is 15.2 Å². The summed E-state index contributed by atoms with van der Waals surface area (Å²) in [6, 6.07) is 15.4. The molecule has 3 rings (SSSR count). The molecule has 2 aromatic carbocycles. The number of methoxy groups -OCH3 is 1. The second-order valence-corrected chi connectivity index (χ2v) is 7.53. The first-order chi connectivity index (χ1) is 15.0. The first-order valence-corrected chi connectivity index (χ1v) is 10.5. The smallest absolute Gasteiger partial charge is 0.147 e. The quantitative estimate of drug-likeness (QED) is 0.416. The molecule has 0 aliphatic rings. The summed E-state index contributed by atoms with van der Waals surface area (Å²) in [5, 5.41) is 15.5. The summed E-state index contributed by atoms with van der Waals surface area (Å²) in [4.78, 5) is 4.38. The Kier molecular flexibility index (Phi) is 7.50. The van der Waals surface area contributed by atoms with E-state index in [2.05, 4.69) is 30.2 Å². The van der Waals surface area contributed by atoms with E-state index in [-0.39, 0.29) is 11.8 Å². The minimum atomic E-state index is -0.265. The lowest BCUT2D eigenvalue weighted by atomic mass is 9.95. The van der Waals surface area contributed by atoms with Crippen molar-refractivity contribution in [2.24, 2.45) is 0 Å². The highest BCUT2D eigenvalue weighted by Gasteiger charge is 2.20. The molecule has 0 fully saturated rings. The van der Waals surface area contributed by atoms with Crippen molar-refractivity contribution in [2.45, 2.75) is 33.2 Å². The van der Waals surface area contributed by atoms with Crippen LogP contribution < -0.4 is 10.1 Å². The second kappa shape index (κ2) is 10.5. The van der Waals surface area contributed by atoms with Crippen LogP contribution in [0.2, 0.25) is 0 Å². The van der Waals surface area contributed by atoms with Crippen LogP contribution >= 0.6 is 0 Å². The molecule has 0 saturated heterocycles. The van der Waals surface area contributed by atoms with Gasteiger partial charge in [0.25, 0.3) is 0 Å². The normalized spacial score (nSPS) is 13.5. The van der Waals surface area contributed by atoms with Crippen molar-refractivity contribution >= 4 is 10.9 Å². The molecular formula is C27H30N2O2. The van der Waals surface area contributed by atoms with Gasteiger partial charge in [0.1, 0.15) is 17.0 Å². The van der Waals surface area contributed by atoms with Gasteiger partial charge in [-0.15, -0.1) is 0 Å². The highest BCUT2D eigenvalue weighted by molar-refractivity contribution is 5.85. The van der Waals surface area contributed by atoms with Crippen molar-refractivity contribution in [3.05, 3.63) is 101 Å². The molecule has 0 aliphatic carbocycles. The lowest BCUT2D eigenvalue weighted by Crippen LogP contribution is -2.21. The molecule has 1 atom stereocenters. The van der Waals surface area contributed by atoms with Crippen LogP contribution in [-0.4, -0.2) is 17.2 Å². The highest BCUT2D eigenvalue weighted by Crippen LogP contribution is 2.35. The number of phenols is 1. The Hall–Kier alpha value is -3.53. The monoisotopic (exact) mass is 414 g/mol. The van der Waals surface area contributed by atoms with Gasteiger partial charge in [0.05, 0.1) is 13.2 Å². The van der Waals surface area contributed by atoms with Crippen molar-refractivity contribution in [3.8, 4) is 11.5 Å². The Balaban J connectivity index is 2.01. The molecule has 1 heterocycles. The fourth-order valence-electron chi connectivity index (χ4n) is 3.35. The van der Waals surface area contributed by atoms with Crippen molar-refractivity contribution in [1.29, 1.82) is 0 Å². The molecule has 1 aromatic heterocycles. The summed E-state index contributed by atoms with van der Waals surface area (Å²) in [6.07, 6.45) is 10.9. The molecule has 0 spiro atoms. The summed E-state index contributed by atoms with van der Waals surface area (Å²) in [7, 11) is 1.65. The van der Waals surface area contributed by atoms with Crippen molar-refractivity contribution in [3.63, 3.8) is 0 Å². The van der Waals surface area contributed by atoms with Crippen molar-refractivity contribution in [1.82, 2.24) is 10.3 Å². The average molecular weight is 415 g/mol. The number of fused-ring (bicyclic) bond motifs is 1. The highest BCUT2D eigenvalue weighted by atomic mass is 16.5. The zero-order valence-electron chi connectivity index (χ0n) is 18.6. The van der Waals surface area contributed by atoms with E-state index in [0.717, 1.165) is 34.4 Å². The molecule has 0 aliphatic heterocycles. The van der Waals surface area contributed by atoms with Gasteiger partial charge in [-0.1, -0.05) is 61.1 Å². The van der Waals surface area contributed by atoms with Gasteiger partial charge in [-0.3, -0.25) is 4.98 Å². The van der Waals surface area contributed by atoms with Gasteiger partial charge in [0.2, 0.25) is 0 Å². The van der Waals surface area contributed by atoms with Crippen molar-refractivity contribution in [2.75, 3.05) is 7.11 Å². The van der Waals surface area contributed by atoms with Crippen LogP contribution in [0.3, 0.4) is 0 Å². The van der Waals surface area contributed by atoms with Crippen molar-refractivity contribution < 1.29 is 9.84 Å². The second-order valence-electron chi connectivity index (χ2n) is 7.53. The van der Waals surface area contributed by atoms with E-state index in [4.69, 9.17) is 4.74 Å². The van der Waals surface area contributed by atoms with Gasteiger partial charge in [-0.25, -0.2) is 0 Å². The van der Waals surface area contributed by atoms with Gasteiger partial charge in [0, 0.05) is 22.8 Å². The standard InChI is InChI=1S/C27H30N2O2/c1-5-19(2)10-6-7-11-20(3)29-25(22-12-8-14-23(18-22)31-4)24-16-15-21-13-9-17-28-26(21)27(24)30/h6-18,25,29-30H,5H2,1-4H3/b7-6-,19-10?,20-11+. The fraction of sp³-hybridized carbons (Fsp3) is 0.222. The largest absolute Gasteiger partial charge is 0.505 e. The molecular weight excluding hydrogens is 384 g/mol. The summed E-state index contributed by atoms with van der Waals surface area (Å²) in [5.41, 5.74) is 4.66. The molecule has 1 unspecified atom stereocenters. The SMILES string of the molecule is CCC(C)=C/C=C\C=C(/C)NC(c1cccc(OC)c1)c1ccc2cccnc2c1O. The molecule has 2 N–H and O–H groups in total. The molecule has 0 bridgehead atoms. The van der Waals surface area contributed by atoms with Crippen LogP contribution in [0.25, 0.3) is 10.9 Å². The summed E-state index contributed by atoms with van der Waals surface area (Å²) in [6.45, 7) is 6.28. The number of aromatic hydroxyl groups is 1. The number of rotatable bonds is 8. The summed E-state index contributed by atoms with van der Waals surface area (Å²) >= 11 is 0. The molecule has 31 heavy (non-hydrogen) atoms. The molecule has 160 valence electrons. The van der Waals surface area contributed by atoms with Crippen LogP contribution in [0.5, 0.6) is 11.5 Å². The van der Waals surface area contributed by atoms with Gasteiger partial charge in [0.15, 0.2) is 0 Å². The third-order valence-corrected chi connectivity index (χ3v) is 5.29. The lowest BCUT2D eigenvalue weighted by molar-refractivity contribution is 0.413. The van der Waals surface area contributed by atoms with E-state index in [0.29, 0.717) is 5.52 Å². The first-order valence-electron chi connectivity index (χ1n) is 10.5. The Morgan fingerprint density at radius 1 is 1.10 bits per heavy atom. The van der Waals surface area contributed by atoms with E-state index >= 15 is 0 Å². The molecule has 0 amide bonds. The summed E-state index contributed by atoms with van der Waals surface area (Å²) in [5.74, 6) is 0.952. The van der Waals surface area contributed by atoms with Crippen LogP contribution in [-0.2, 0) is 0 Å². The number of phenolic OH excluding ortho intramolecular Hbond substituents is 1. The topological polar surface area (TPSA) is 54.4 Å². The molecule has 0 saturated carbocycles. The van der Waals surface area contributed by atoms with Gasteiger partial charge in [-0.05, 0) is 50.1 Å². The Morgan fingerprint density at radius 3 is 2.68 bits per heavy atom. The van der Waals surface area contributed by atoms with Gasteiger partial charge >= 0.3 is 0 Å². The lowest BCUT2D eigenvalue weighted by Gasteiger charge is -2.23. The number of benzene rings is 2. The average Bonchev–Trinajstić information content (AvgIpc) is 2.81. The van der Waals surface area contributed by atoms with Crippen LogP contribution in [0.1, 0.15) is 44.4 Å². The number of allylic oxidation sites excluding steroid dienone is 6. The minimum absolute atomic E-state index is 0.184. The predicted octanol–water partition coefficient (Wildman–Crippen LogP) is 6.44. The zero-order valence-corrected chi connectivity index (χ0v) is 18.6. The summed E-state index contributed by atoms with van der Waals surface area (Å²) < 4.78 is 5.42. The van der Waals surface area contributed by atoms with E-state index in [9.17, 15) is 5.11 Å². The zero-order chi connectivity index (χ0) is 22.2. The van der Waals surface area contributed by atoms with Crippen LogP contribution in [0, 0.1) is 0 Å². The van der Waals surface area contributed by atoms with Gasteiger partial charge in [-0.2, -0.15) is 0 Å². The Morgan fingerprint density at radius 2 is 1.90 bits per heavy atom. The predicted molar refractivity (Wildman–Crippen MR) is 128 cm³/mol. The molecule has 0 radical (unpaired) electrons. The number of hydrogen-bond acceptors (Lipinski definition) is 4. The third-order valence-electron chi connectivity index (χ3n) is 5.29. The minimum Gasteiger partial charge on any atom is -0.505 e. The van der Waals surface area contributed by atoms with Crippen LogP contribution in [0.15, 0.2) is 90.3 Å².